The third kappa shape index (κ3) is 3.19. The van der Waals surface area contributed by atoms with Gasteiger partial charge in [-0.3, -0.25) is 0 Å². The van der Waals surface area contributed by atoms with Crippen molar-refractivity contribution in [1.29, 1.82) is 0 Å². The van der Waals surface area contributed by atoms with Gasteiger partial charge in [0.1, 0.15) is 16.5 Å². The first kappa shape index (κ1) is 14.4. The summed E-state index contributed by atoms with van der Waals surface area (Å²) in [6.07, 6.45) is 0. The van der Waals surface area contributed by atoms with E-state index in [-0.39, 0.29) is 0 Å². The normalized spacial score (nSPS) is 11.0. The van der Waals surface area contributed by atoms with Gasteiger partial charge in [-0.15, -0.1) is 23.1 Å². The molecule has 0 unspecified atom stereocenters. The number of fused-ring (bicyclic) bond motifs is 1. The van der Waals surface area contributed by atoms with Gasteiger partial charge < -0.3 is 5.32 Å². The molecule has 0 saturated carbocycles. The van der Waals surface area contributed by atoms with E-state index in [1.807, 2.05) is 0 Å². The number of hydrogen-bond acceptors (Lipinski definition) is 5. The van der Waals surface area contributed by atoms with Crippen molar-refractivity contribution in [3.63, 3.8) is 0 Å². The minimum atomic E-state index is 0.789. The summed E-state index contributed by atoms with van der Waals surface area (Å²) in [5.41, 5.74) is 1.30. The van der Waals surface area contributed by atoms with Crippen LogP contribution < -0.4 is 5.32 Å². The van der Waals surface area contributed by atoms with Crippen LogP contribution in [0.5, 0.6) is 0 Å². The van der Waals surface area contributed by atoms with Gasteiger partial charge in [0, 0.05) is 11.4 Å². The van der Waals surface area contributed by atoms with Gasteiger partial charge in [-0.1, -0.05) is 18.2 Å². The molecule has 0 aliphatic rings. The number of hydrogen-bond donors (Lipinski definition) is 1. The maximum absolute atomic E-state index is 4.67. The van der Waals surface area contributed by atoms with Gasteiger partial charge >= 0.3 is 0 Å². The van der Waals surface area contributed by atoms with E-state index in [1.54, 1.807) is 23.1 Å². The molecule has 3 nitrogen and oxygen atoms in total. The number of aryl methyl sites for hydroxylation is 1. The van der Waals surface area contributed by atoms with Crippen LogP contribution in [0.3, 0.4) is 0 Å². The van der Waals surface area contributed by atoms with Crippen molar-refractivity contribution >= 4 is 39.1 Å². The summed E-state index contributed by atoms with van der Waals surface area (Å²) in [4.78, 5) is 11.7. The van der Waals surface area contributed by atoms with Crippen molar-refractivity contribution in [3.05, 3.63) is 47.1 Å². The van der Waals surface area contributed by atoms with Crippen LogP contribution in [0, 0.1) is 6.92 Å². The molecule has 0 amide bonds. The molecule has 0 aliphatic heterocycles. The maximum Gasteiger partial charge on any atom is 0.142 e. The Morgan fingerprint density at radius 2 is 2.05 bits per heavy atom. The molecule has 108 valence electrons. The molecule has 0 fully saturated rings. The number of thiophene rings is 1. The maximum atomic E-state index is 4.67. The third-order valence-corrected chi connectivity index (χ3v) is 5.14. The number of nitrogens with one attached hydrogen (secondary N) is 1. The van der Waals surface area contributed by atoms with Gasteiger partial charge in [0.2, 0.25) is 0 Å². The highest BCUT2D eigenvalue weighted by Crippen LogP contribution is 2.28. The molecule has 0 saturated heterocycles. The largest absolute Gasteiger partial charge is 0.370 e. The summed E-state index contributed by atoms with van der Waals surface area (Å²) >= 11 is 3.46. The average Bonchev–Trinajstić information content (AvgIpc) is 2.95. The standard InChI is InChI=1S/C16H17N3S2/c1-3-17-15-12-8-9-20-16(12)19-14(18-15)10-21-13-7-5-4-6-11(13)2/h4-9H,3,10H2,1-2H3,(H,17,18,19). The topological polar surface area (TPSA) is 37.8 Å². The van der Waals surface area contributed by atoms with Crippen LogP contribution in [0.25, 0.3) is 10.2 Å². The lowest BCUT2D eigenvalue weighted by Gasteiger charge is -2.08. The predicted molar refractivity (Wildman–Crippen MR) is 92.3 cm³/mol. The third-order valence-electron chi connectivity index (χ3n) is 3.17. The number of thioether (sulfide) groups is 1. The van der Waals surface area contributed by atoms with Gasteiger partial charge in [-0.2, -0.15) is 0 Å². The molecule has 2 heterocycles. The number of rotatable bonds is 5. The Balaban J connectivity index is 1.85. The zero-order valence-electron chi connectivity index (χ0n) is 12.1. The van der Waals surface area contributed by atoms with Crippen molar-refractivity contribution in [2.45, 2.75) is 24.5 Å². The Morgan fingerprint density at radius 3 is 2.86 bits per heavy atom. The van der Waals surface area contributed by atoms with E-state index in [9.17, 15) is 0 Å². The smallest absolute Gasteiger partial charge is 0.142 e. The van der Waals surface area contributed by atoms with Crippen molar-refractivity contribution in [3.8, 4) is 0 Å². The second-order valence-corrected chi connectivity index (χ2v) is 6.62. The zero-order chi connectivity index (χ0) is 14.7. The summed E-state index contributed by atoms with van der Waals surface area (Å²) in [5, 5.41) is 6.52. The van der Waals surface area contributed by atoms with E-state index in [0.29, 0.717) is 0 Å². The molecule has 2 aromatic heterocycles. The van der Waals surface area contributed by atoms with Crippen LogP contribution in [0.1, 0.15) is 18.3 Å². The molecule has 0 atom stereocenters. The van der Waals surface area contributed by atoms with Crippen LogP contribution in [0.4, 0.5) is 5.82 Å². The average molecular weight is 315 g/mol. The predicted octanol–water partition coefficient (Wildman–Crippen LogP) is 4.72. The quantitative estimate of drug-likeness (QED) is 0.691. The first-order chi connectivity index (χ1) is 10.3. The number of benzene rings is 1. The molecule has 5 heteroatoms. The van der Waals surface area contributed by atoms with E-state index < -0.39 is 0 Å². The summed E-state index contributed by atoms with van der Waals surface area (Å²) < 4.78 is 0. The Kier molecular flexibility index (Phi) is 4.41. The lowest BCUT2D eigenvalue weighted by atomic mass is 10.2. The van der Waals surface area contributed by atoms with E-state index in [2.05, 4.69) is 64.8 Å². The minimum absolute atomic E-state index is 0.789. The van der Waals surface area contributed by atoms with E-state index in [0.717, 1.165) is 34.2 Å². The second-order valence-electron chi connectivity index (χ2n) is 4.71. The van der Waals surface area contributed by atoms with Gasteiger partial charge in [0.05, 0.1) is 11.1 Å². The van der Waals surface area contributed by atoms with Crippen molar-refractivity contribution in [2.24, 2.45) is 0 Å². The molecule has 1 N–H and O–H groups in total. The molecular weight excluding hydrogens is 298 g/mol. The van der Waals surface area contributed by atoms with E-state index in [1.165, 1.54) is 10.5 Å². The summed E-state index contributed by atoms with van der Waals surface area (Å²) in [6, 6.07) is 10.5. The highest BCUT2D eigenvalue weighted by atomic mass is 32.2. The number of anilines is 1. The van der Waals surface area contributed by atoms with Crippen molar-refractivity contribution in [1.82, 2.24) is 9.97 Å². The van der Waals surface area contributed by atoms with Crippen LogP contribution in [0.2, 0.25) is 0 Å². The Bertz CT molecular complexity index is 752. The van der Waals surface area contributed by atoms with Crippen LogP contribution >= 0.6 is 23.1 Å². The van der Waals surface area contributed by atoms with Crippen molar-refractivity contribution in [2.75, 3.05) is 11.9 Å². The Morgan fingerprint density at radius 1 is 1.19 bits per heavy atom. The number of nitrogens with zero attached hydrogens (tertiary/aromatic N) is 2. The molecule has 0 radical (unpaired) electrons. The molecule has 0 spiro atoms. The Labute approximate surface area is 132 Å². The lowest BCUT2D eigenvalue weighted by molar-refractivity contribution is 1.05. The monoisotopic (exact) mass is 315 g/mol. The van der Waals surface area contributed by atoms with Crippen LogP contribution in [-0.4, -0.2) is 16.5 Å². The fourth-order valence-electron chi connectivity index (χ4n) is 2.13. The fourth-order valence-corrected chi connectivity index (χ4v) is 3.79. The first-order valence-electron chi connectivity index (χ1n) is 6.94. The molecule has 3 aromatic rings. The highest BCUT2D eigenvalue weighted by molar-refractivity contribution is 7.98. The van der Waals surface area contributed by atoms with Gasteiger partial charge in [-0.05, 0) is 36.9 Å². The molecule has 0 aliphatic carbocycles. The van der Waals surface area contributed by atoms with Crippen LogP contribution in [0.15, 0.2) is 40.6 Å². The SMILES string of the molecule is CCNc1nc(CSc2ccccc2C)nc2sccc12. The minimum Gasteiger partial charge on any atom is -0.370 e. The molecular formula is C16H17N3S2. The van der Waals surface area contributed by atoms with Gasteiger partial charge in [-0.25, -0.2) is 9.97 Å². The number of aromatic nitrogens is 2. The molecule has 21 heavy (non-hydrogen) atoms. The molecule has 3 rings (SSSR count). The summed E-state index contributed by atoms with van der Waals surface area (Å²) in [5.74, 6) is 2.62. The van der Waals surface area contributed by atoms with Gasteiger partial charge in [0.15, 0.2) is 0 Å². The summed E-state index contributed by atoms with van der Waals surface area (Å²) in [6.45, 7) is 5.09. The van der Waals surface area contributed by atoms with Crippen LogP contribution in [-0.2, 0) is 5.75 Å². The van der Waals surface area contributed by atoms with E-state index >= 15 is 0 Å². The van der Waals surface area contributed by atoms with Gasteiger partial charge in [0.25, 0.3) is 0 Å². The van der Waals surface area contributed by atoms with Crippen molar-refractivity contribution < 1.29 is 0 Å². The second kappa shape index (κ2) is 6.45. The first-order valence-corrected chi connectivity index (χ1v) is 8.81. The summed E-state index contributed by atoms with van der Waals surface area (Å²) in [7, 11) is 0. The lowest BCUT2D eigenvalue weighted by Crippen LogP contribution is -2.03. The molecule has 1 aromatic carbocycles. The zero-order valence-corrected chi connectivity index (χ0v) is 13.7. The molecule has 0 bridgehead atoms. The Hall–Kier alpha value is -1.59. The van der Waals surface area contributed by atoms with E-state index in [4.69, 9.17) is 0 Å². The highest BCUT2D eigenvalue weighted by Gasteiger charge is 2.09. The fraction of sp³-hybridized carbons (Fsp3) is 0.250.